The van der Waals surface area contributed by atoms with Crippen molar-refractivity contribution in [2.24, 2.45) is 33.7 Å². The Morgan fingerprint density at radius 3 is 1.15 bits per heavy atom. The highest BCUT2D eigenvalue weighted by molar-refractivity contribution is 7.19. The van der Waals surface area contributed by atoms with Crippen LogP contribution in [-0.4, -0.2) is 34.6 Å². The van der Waals surface area contributed by atoms with Crippen LogP contribution in [0.4, 0.5) is 10.0 Å². The second-order valence-corrected chi connectivity index (χ2v) is 18.1. The van der Waals surface area contributed by atoms with Gasteiger partial charge >= 0.3 is 0 Å². The Morgan fingerprint density at radius 1 is 0.479 bits per heavy atom. The molecular weight excluding hydrogens is 637 g/mol. The zero-order chi connectivity index (χ0) is 32.4. The van der Waals surface area contributed by atoms with Crippen molar-refractivity contribution in [1.29, 1.82) is 0 Å². The number of thiophene rings is 2. The van der Waals surface area contributed by atoms with Crippen molar-refractivity contribution in [2.75, 3.05) is 0 Å². The van der Waals surface area contributed by atoms with Gasteiger partial charge < -0.3 is 0 Å². The molecule has 0 aromatic carbocycles. The average Bonchev–Trinajstić information content (AvgIpc) is 3.93. The van der Waals surface area contributed by atoms with E-state index in [1.54, 1.807) is 22.7 Å². The number of hydrogen-bond acceptors (Lipinski definition) is 8. The van der Waals surface area contributed by atoms with E-state index in [0.717, 1.165) is 87.1 Å². The van der Waals surface area contributed by atoms with Crippen molar-refractivity contribution in [3.8, 4) is 0 Å². The second-order valence-electron chi connectivity index (χ2n) is 16.1. The third-order valence-electron chi connectivity index (χ3n) is 13.8. The van der Waals surface area contributed by atoms with Gasteiger partial charge in [-0.15, -0.1) is 22.7 Å². The molecule has 8 heteroatoms. The molecule has 10 rings (SSSR count). The topological polar surface area (TPSA) is 93.0 Å². The van der Waals surface area contributed by atoms with Crippen LogP contribution in [0.25, 0.3) is 11.1 Å². The number of nitrogens with zero attached hydrogens (tertiary/aromatic N) is 2. The summed E-state index contributed by atoms with van der Waals surface area (Å²) in [5.74, 6) is -0.745. The van der Waals surface area contributed by atoms with Gasteiger partial charge in [0.2, 0.25) is 0 Å². The maximum atomic E-state index is 13.4. The number of fused-ring (bicyclic) bond motifs is 10. The Hall–Kier alpha value is -2.84. The Kier molecular flexibility index (Phi) is 6.77. The van der Waals surface area contributed by atoms with Crippen LogP contribution < -0.4 is 0 Å². The Balaban J connectivity index is 1.11. The minimum atomic E-state index is -0.163. The number of aliphatic imine (C=N–C) groups is 2. The fourth-order valence-electron chi connectivity index (χ4n) is 11.6. The first-order valence-electron chi connectivity index (χ1n) is 18.8. The fourth-order valence-corrected chi connectivity index (χ4v) is 14.2. The molecule has 2 spiro atoms. The lowest BCUT2D eigenvalue weighted by molar-refractivity contribution is -0.120. The molecule has 0 N–H and O–H groups in total. The van der Waals surface area contributed by atoms with Gasteiger partial charge in [-0.05, 0) is 85.8 Å². The predicted molar refractivity (Wildman–Crippen MR) is 190 cm³/mol. The highest BCUT2D eigenvalue weighted by Crippen LogP contribution is 2.72. The molecule has 0 aliphatic heterocycles. The molecular formula is C40H42N2O4S2. The summed E-state index contributed by atoms with van der Waals surface area (Å²) < 4.78 is 0. The molecule has 0 bridgehead atoms. The SMILES string of the molecule is O=C1C(=Nc2cc3c(s2)C2=C(c4sc(N=C5C(=O)C6CCCCC6C5=O)cc4C24CCCCC4)C32CCCCC2)C(=O)C2CCCCC12. The quantitative estimate of drug-likeness (QED) is 0.317. The molecule has 2 aromatic heterocycles. The normalized spacial score (nSPS) is 31.4. The molecule has 8 aliphatic carbocycles. The molecule has 0 radical (unpaired) electrons. The van der Waals surface area contributed by atoms with Crippen molar-refractivity contribution < 1.29 is 19.2 Å². The van der Waals surface area contributed by atoms with Gasteiger partial charge in [0.1, 0.15) is 10.0 Å². The Morgan fingerprint density at radius 2 is 0.812 bits per heavy atom. The summed E-state index contributed by atoms with van der Waals surface area (Å²) >= 11 is 3.42. The lowest BCUT2D eigenvalue weighted by atomic mass is 9.67. The predicted octanol–water partition coefficient (Wildman–Crippen LogP) is 9.21. The van der Waals surface area contributed by atoms with Gasteiger partial charge in [0.15, 0.2) is 34.6 Å². The van der Waals surface area contributed by atoms with E-state index in [2.05, 4.69) is 12.1 Å². The molecule has 4 atom stereocenters. The van der Waals surface area contributed by atoms with E-state index in [9.17, 15) is 19.2 Å². The van der Waals surface area contributed by atoms with E-state index in [-0.39, 0.29) is 69.1 Å². The molecule has 2 heterocycles. The first-order valence-corrected chi connectivity index (χ1v) is 20.4. The summed E-state index contributed by atoms with van der Waals surface area (Å²) in [6, 6.07) is 4.50. The smallest absolute Gasteiger partial charge is 0.188 e. The highest BCUT2D eigenvalue weighted by Gasteiger charge is 2.59. The van der Waals surface area contributed by atoms with Crippen LogP contribution in [-0.2, 0) is 30.0 Å². The van der Waals surface area contributed by atoms with Crippen molar-refractivity contribution in [2.45, 2.75) is 126 Å². The monoisotopic (exact) mass is 678 g/mol. The standard InChI is InChI=1S/C40H42N2O4S2/c43-33-21-11-3-4-12-22(21)34(44)31(33)41-27-19-25-37(47-27)30-29(39(25)15-7-1-8-16-39)38-26(40(30)17-9-2-10-18-40)20-28(48-38)42-32-35(45)23-13-5-6-14-24(23)36(32)46/h19-24H,1-18H2. The van der Waals surface area contributed by atoms with E-state index < -0.39 is 0 Å². The van der Waals surface area contributed by atoms with Gasteiger partial charge in [-0.25, -0.2) is 9.98 Å². The van der Waals surface area contributed by atoms with Gasteiger partial charge in [-0.2, -0.15) is 0 Å². The van der Waals surface area contributed by atoms with Crippen LogP contribution in [0.2, 0.25) is 0 Å². The zero-order valence-electron chi connectivity index (χ0n) is 27.5. The number of carbonyl (C=O) groups excluding carboxylic acids is 4. The molecule has 6 fully saturated rings. The molecule has 6 nitrogen and oxygen atoms in total. The van der Waals surface area contributed by atoms with Crippen LogP contribution in [0.1, 0.15) is 136 Å². The van der Waals surface area contributed by atoms with E-state index >= 15 is 0 Å². The van der Waals surface area contributed by atoms with Crippen molar-refractivity contribution in [3.05, 3.63) is 33.0 Å². The molecule has 6 saturated carbocycles. The van der Waals surface area contributed by atoms with Gasteiger partial charge in [-0.3, -0.25) is 19.2 Å². The molecule has 0 amide bonds. The van der Waals surface area contributed by atoms with E-state index in [0.29, 0.717) is 0 Å². The number of Topliss-reactive ketones (excluding diaryl/α,β-unsaturated/α-hetero) is 4. The number of allylic oxidation sites excluding steroid dienone is 2. The highest BCUT2D eigenvalue weighted by atomic mass is 32.1. The van der Waals surface area contributed by atoms with Gasteiger partial charge in [-0.1, -0.05) is 64.2 Å². The third kappa shape index (κ3) is 3.96. The first-order chi connectivity index (χ1) is 23.4. The molecule has 8 aliphatic rings. The summed E-state index contributed by atoms with van der Waals surface area (Å²) in [5.41, 5.74) is 5.93. The molecule has 248 valence electrons. The van der Waals surface area contributed by atoms with Gasteiger partial charge in [0.05, 0.1) is 0 Å². The largest absolute Gasteiger partial charge is 0.292 e. The fraction of sp³-hybridized carbons (Fsp3) is 0.600. The van der Waals surface area contributed by atoms with Crippen molar-refractivity contribution in [3.63, 3.8) is 0 Å². The minimum absolute atomic E-state index is 0.0232. The minimum Gasteiger partial charge on any atom is -0.292 e. The van der Waals surface area contributed by atoms with E-state index in [4.69, 9.17) is 9.98 Å². The van der Waals surface area contributed by atoms with E-state index in [1.165, 1.54) is 70.6 Å². The summed E-state index contributed by atoms with van der Waals surface area (Å²) in [6.07, 6.45) is 18.9. The third-order valence-corrected chi connectivity index (χ3v) is 15.9. The Bertz CT molecular complexity index is 1720. The van der Waals surface area contributed by atoms with Gasteiger partial charge in [0, 0.05) is 44.3 Å². The summed E-state index contributed by atoms with van der Waals surface area (Å²) in [5, 5.41) is 1.64. The lowest BCUT2D eigenvalue weighted by Gasteiger charge is -2.37. The maximum absolute atomic E-state index is 13.4. The molecule has 0 saturated heterocycles. The summed E-state index contributed by atoms with van der Waals surface area (Å²) in [4.78, 5) is 66.2. The first kappa shape index (κ1) is 30.0. The maximum Gasteiger partial charge on any atom is 0.188 e. The average molecular weight is 679 g/mol. The molecule has 48 heavy (non-hydrogen) atoms. The van der Waals surface area contributed by atoms with Crippen molar-refractivity contribution in [1.82, 2.24) is 0 Å². The number of ketones is 4. The van der Waals surface area contributed by atoms with Crippen LogP contribution in [0.3, 0.4) is 0 Å². The molecule has 4 unspecified atom stereocenters. The summed E-state index contributed by atoms with van der Waals surface area (Å²) in [6.45, 7) is 0. The van der Waals surface area contributed by atoms with Gasteiger partial charge in [0.25, 0.3) is 0 Å². The van der Waals surface area contributed by atoms with Crippen LogP contribution in [0.15, 0.2) is 22.1 Å². The Labute approximate surface area is 289 Å². The van der Waals surface area contributed by atoms with Crippen LogP contribution in [0.5, 0.6) is 0 Å². The van der Waals surface area contributed by atoms with E-state index in [1.807, 2.05) is 0 Å². The number of hydrogen-bond donors (Lipinski definition) is 0. The number of rotatable bonds is 2. The zero-order valence-corrected chi connectivity index (χ0v) is 29.2. The number of carbonyl (C=O) groups is 4. The summed E-state index contributed by atoms with van der Waals surface area (Å²) in [7, 11) is 0. The van der Waals surface area contributed by atoms with Crippen LogP contribution in [0, 0.1) is 23.7 Å². The van der Waals surface area contributed by atoms with Crippen molar-refractivity contribution >= 4 is 78.4 Å². The second kappa shape index (κ2) is 10.8. The molecule has 2 aromatic rings. The van der Waals surface area contributed by atoms with Crippen LogP contribution >= 0.6 is 22.7 Å². The lowest BCUT2D eigenvalue weighted by Crippen LogP contribution is -2.28.